The standard InChI is InChI=1S/C11H21F2NO2S/c1-9(8-17(2,15)16)14-7-10-4-3-5-11(12,13)6-10/h9-10,14H,3-8H2,1-2H3. The first-order chi connectivity index (χ1) is 7.68. The van der Waals surface area contributed by atoms with Crippen molar-refractivity contribution in [3.63, 3.8) is 0 Å². The molecule has 0 aromatic heterocycles. The molecule has 1 aliphatic rings. The zero-order valence-electron chi connectivity index (χ0n) is 10.4. The minimum atomic E-state index is -3.01. The molecule has 3 nitrogen and oxygen atoms in total. The maximum absolute atomic E-state index is 13.1. The summed E-state index contributed by atoms with van der Waals surface area (Å²) in [6, 6.07) is -0.180. The van der Waals surface area contributed by atoms with Crippen LogP contribution in [0.3, 0.4) is 0 Å². The molecular formula is C11H21F2NO2S. The third-order valence-electron chi connectivity index (χ3n) is 3.05. The summed E-state index contributed by atoms with van der Waals surface area (Å²) in [5, 5.41) is 3.03. The number of hydrogen-bond donors (Lipinski definition) is 1. The summed E-state index contributed by atoms with van der Waals surface area (Å²) >= 11 is 0. The summed E-state index contributed by atoms with van der Waals surface area (Å²) < 4.78 is 48.3. The molecule has 2 unspecified atom stereocenters. The van der Waals surface area contributed by atoms with Gasteiger partial charge in [0.1, 0.15) is 9.84 Å². The van der Waals surface area contributed by atoms with Crippen molar-refractivity contribution < 1.29 is 17.2 Å². The fourth-order valence-corrected chi connectivity index (χ4v) is 3.36. The summed E-state index contributed by atoms with van der Waals surface area (Å²) in [4.78, 5) is 0. The van der Waals surface area contributed by atoms with Gasteiger partial charge >= 0.3 is 0 Å². The van der Waals surface area contributed by atoms with E-state index in [0.717, 1.165) is 6.42 Å². The van der Waals surface area contributed by atoms with E-state index in [1.165, 1.54) is 6.26 Å². The minimum Gasteiger partial charge on any atom is -0.313 e. The second kappa shape index (κ2) is 5.61. The molecule has 0 heterocycles. The van der Waals surface area contributed by atoms with Crippen LogP contribution in [0.1, 0.15) is 32.6 Å². The van der Waals surface area contributed by atoms with Crippen LogP contribution in [0.25, 0.3) is 0 Å². The average Bonchev–Trinajstić information content (AvgIpc) is 2.10. The average molecular weight is 269 g/mol. The lowest BCUT2D eigenvalue weighted by Crippen LogP contribution is -2.39. The van der Waals surface area contributed by atoms with Crippen LogP contribution in [0.4, 0.5) is 8.78 Å². The molecule has 17 heavy (non-hydrogen) atoms. The molecule has 0 bridgehead atoms. The van der Waals surface area contributed by atoms with E-state index in [2.05, 4.69) is 5.32 Å². The van der Waals surface area contributed by atoms with Crippen molar-refractivity contribution in [2.75, 3.05) is 18.6 Å². The van der Waals surface area contributed by atoms with Crippen LogP contribution in [0.2, 0.25) is 0 Å². The summed E-state index contributed by atoms with van der Waals surface area (Å²) in [7, 11) is -3.01. The Morgan fingerprint density at radius 3 is 2.65 bits per heavy atom. The van der Waals surface area contributed by atoms with Crippen molar-refractivity contribution >= 4 is 9.84 Å². The summed E-state index contributed by atoms with van der Waals surface area (Å²) in [6.07, 6.45) is 2.45. The number of sulfone groups is 1. The Balaban J connectivity index is 2.31. The molecule has 1 saturated carbocycles. The van der Waals surface area contributed by atoms with Gasteiger partial charge in [0.25, 0.3) is 0 Å². The Labute approximate surface area is 102 Å². The second-order valence-corrected chi connectivity index (χ2v) is 7.40. The molecule has 1 aliphatic carbocycles. The smallest absolute Gasteiger partial charge is 0.248 e. The molecule has 0 radical (unpaired) electrons. The van der Waals surface area contributed by atoms with Gasteiger partial charge in [-0.1, -0.05) is 0 Å². The van der Waals surface area contributed by atoms with E-state index in [1.54, 1.807) is 6.92 Å². The molecule has 6 heteroatoms. The summed E-state index contributed by atoms with van der Waals surface area (Å²) in [6.45, 7) is 2.24. The predicted octanol–water partition coefficient (Wildman–Crippen LogP) is 1.83. The largest absolute Gasteiger partial charge is 0.313 e. The first-order valence-corrected chi connectivity index (χ1v) is 8.03. The van der Waals surface area contributed by atoms with Crippen molar-refractivity contribution in [1.82, 2.24) is 5.32 Å². The monoisotopic (exact) mass is 269 g/mol. The van der Waals surface area contributed by atoms with Gasteiger partial charge in [0.05, 0.1) is 5.75 Å². The number of halogens is 2. The normalized spacial score (nSPS) is 26.7. The highest BCUT2D eigenvalue weighted by Gasteiger charge is 2.35. The molecule has 0 saturated heterocycles. The van der Waals surface area contributed by atoms with E-state index in [0.29, 0.717) is 13.0 Å². The minimum absolute atomic E-state index is 0.0115. The highest BCUT2D eigenvalue weighted by atomic mass is 32.2. The Morgan fingerprint density at radius 2 is 2.12 bits per heavy atom. The van der Waals surface area contributed by atoms with Gasteiger partial charge in [0, 0.05) is 25.1 Å². The lowest BCUT2D eigenvalue weighted by atomic mass is 9.86. The predicted molar refractivity (Wildman–Crippen MR) is 64.1 cm³/mol. The van der Waals surface area contributed by atoms with E-state index in [4.69, 9.17) is 0 Å². The maximum Gasteiger partial charge on any atom is 0.248 e. The fraction of sp³-hybridized carbons (Fsp3) is 1.00. The van der Waals surface area contributed by atoms with Gasteiger partial charge in [0.2, 0.25) is 5.92 Å². The zero-order valence-corrected chi connectivity index (χ0v) is 11.2. The van der Waals surface area contributed by atoms with Gasteiger partial charge in [-0.05, 0) is 32.2 Å². The summed E-state index contributed by atoms with van der Waals surface area (Å²) in [5.41, 5.74) is 0. The third-order valence-corrected chi connectivity index (χ3v) is 4.16. The highest BCUT2D eigenvalue weighted by molar-refractivity contribution is 7.90. The van der Waals surface area contributed by atoms with E-state index in [-0.39, 0.29) is 30.6 Å². The van der Waals surface area contributed by atoms with Crippen LogP contribution in [0.15, 0.2) is 0 Å². The van der Waals surface area contributed by atoms with Crippen LogP contribution in [-0.2, 0) is 9.84 Å². The first-order valence-electron chi connectivity index (χ1n) is 5.97. The molecule has 0 aromatic carbocycles. The van der Waals surface area contributed by atoms with Crippen molar-refractivity contribution in [2.24, 2.45) is 5.92 Å². The Bertz CT molecular complexity index is 343. The van der Waals surface area contributed by atoms with Crippen LogP contribution in [-0.4, -0.2) is 38.9 Å². The second-order valence-electron chi connectivity index (χ2n) is 5.22. The number of hydrogen-bond acceptors (Lipinski definition) is 3. The molecule has 1 N–H and O–H groups in total. The van der Waals surface area contributed by atoms with Gasteiger partial charge in [-0.2, -0.15) is 0 Å². The first kappa shape index (κ1) is 14.8. The lowest BCUT2D eigenvalue weighted by Gasteiger charge is -2.29. The fourth-order valence-electron chi connectivity index (χ4n) is 2.33. The van der Waals surface area contributed by atoms with E-state index < -0.39 is 15.8 Å². The SMILES string of the molecule is CC(CS(C)(=O)=O)NCC1CCCC(F)(F)C1. The van der Waals surface area contributed by atoms with E-state index in [9.17, 15) is 17.2 Å². The molecule has 102 valence electrons. The molecule has 0 aliphatic heterocycles. The van der Waals surface area contributed by atoms with Crippen molar-refractivity contribution in [2.45, 2.75) is 44.6 Å². The number of alkyl halides is 2. The van der Waals surface area contributed by atoms with Gasteiger partial charge in [-0.15, -0.1) is 0 Å². The van der Waals surface area contributed by atoms with E-state index >= 15 is 0 Å². The molecule has 0 spiro atoms. The van der Waals surface area contributed by atoms with Crippen molar-refractivity contribution in [3.05, 3.63) is 0 Å². The lowest BCUT2D eigenvalue weighted by molar-refractivity contribution is -0.0521. The Hall–Kier alpha value is -0.230. The molecule has 1 fully saturated rings. The van der Waals surface area contributed by atoms with Crippen LogP contribution in [0, 0.1) is 5.92 Å². The molecular weight excluding hydrogens is 248 g/mol. The molecule has 0 amide bonds. The maximum atomic E-state index is 13.1. The quantitative estimate of drug-likeness (QED) is 0.828. The zero-order chi connectivity index (χ0) is 13.1. The summed E-state index contributed by atoms with van der Waals surface area (Å²) in [5.74, 6) is -2.53. The van der Waals surface area contributed by atoms with Crippen LogP contribution in [0.5, 0.6) is 0 Å². The van der Waals surface area contributed by atoms with Gasteiger partial charge < -0.3 is 5.32 Å². The van der Waals surface area contributed by atoms with Gasteiger partial charge in [-0.25, -0.2) is 17.2 Å². The molecule has 0 aromatic rings. The van der Waals surface area contributed by atoms with Crippen molar-refractivity contribution in [3.8, 4) is 0 Å². The topological polar surface area (TPSA) is 46.2 Å². The van der Waals surface area contributed by atoms with Crippen molar-refractivity contribution in [1.29, 1.82) is 0 Å². The number of rotatable bonds is 5. The third kappa shape index (κ3) is 6.31. The Morgan fingerprint density at radius 1 is 1.47 bits per heavy atom. The molecule has 1 rings (SSSR count). The highest BCUT2D eigenvalue weighted by Crippen LogP contribution is 2.36. The van der Waals surface area contributed by atoms with E-state index in [1.807, 2.05) is 0 Å². The van der Waals surface area contributed by atoms with Gasteiger partial charge in [-0.3, -0.25) is 0 Å². The van der Waals surface area contributed by atoms with Crippen LogP contribution >= 0.6 is 0 Å². The molecule has 2 atom stereocenters. The van der Waals surface area contributed by atoms with Crippen LogP contribution < -0.4 is 5.32 Å². The van der Waals surface area contributed by atoms with Gasteiger partial charge in [0.15, 0.2) is 0 Å². The Kier molecular flexibility index (Phi) is 4.89. The number of nitrogens with one attached hydrogen (secondary N) is 1.